The van der Waals surface area contributed by atoms with E-state index >= 15 is 0 Å². The van der Waals surface area contributed by atoms with Crippen molar-refractivity contribution in [2.45, 2.75) is 24.3 Å². The normalized spacial score (nSPS) is 17.6. The molecular weight excluding hydrogens is 280 g/mol. The molecule has 0 saturated carbocycles. The number of aliphatic hydroxyl groups is 1. The second kappa shape index (κ2) is 5.16. The Morgan fingerprint density at radius 1 is 1.35 bits per heavy atom. The number of benzene rings is 1. The van der Waals surface area contributed by atoms with Crippen LogP contribution >= 0.6 is 0 Å². The molecule has 0 bridgehead atoms. The maximum atomic E-state index is 12.1. The van der Waals surface area contributed by atoms with E-state index in [9.17, 15) is 18.3 Å². The van der Waals surface area contributed by atoms with E-state index in [0.717, 1.165) is 0 Å². The number of likely N-dealkylation sites (tertiary alicyclic amines) is 1. The first-order valence-corrected chi connectivity index (χ1v) is 7.85. The lowest BCUT2D eigenvalue weighted by molar-refractivity contribution is -0.0668. The molecule has 1 aromatic carbocycles. The molecule has 2 rings (SSSR count). The van der Waals surface area contributed by atoms with Gasteiger partial charge in [-0.25, -0.2) is 13.1 Å². The number of carbonyl (C=O) groups excluding carboxylic acids is 1. The number of amides is 1. The zero-order chi connectivity index (χ0) is 15.0. The number of hydrogen-bond acceptors (Lipinski definition) is 4. The van der Waals surface area contributed by atoms with Crippen molar-refractivity contribution in [2.24, 2.45) is 0 Å². The minimum Gasteiger partial charge on any atom is -0.386 e. The van der Waals surface area contributed by atoms with Gasteiger partial charge in [0.15, 0.2) is 0 Å². The Morgan fingerprint density at radius 2 is 1.90 bits per heavy atom. The van der Waals surface area contributed by atoms with Crippen molar-refractivity contribution in [3.63, 3.8) is 0 Å². The average molecular weight is 298 g/mol. The van der Waals surface area contributed by atoms with Crippen LogP contribution in [0.2, 0.25) is 0 Å². The molecule has 2 N–H and O–H groups in total. The molecule has 1 saturated heterocycles. The van der Waals surface area contributed by atoms with E-state index in [4.69, 9.17) is 0 Å². The summed E-state index contributed by atoms with van der Waals surface area (Å²) < 4.78 is 25.9. The van der Waals surface area contributed by atoms with E-state index in [1.807, 2.05) is 0 Å². The molecule has 1 fully saturated rings. The lowest BCUT2D eigenvalue weighted by Gasteiger charge is -2.44. The molecule has 7 heteroatoms. The van der Waals surface area contributed by atoms with Gasteiger partial charge in [-0.15, -0.1) is 0 Å². The van der Waals surface area contributed by atoms with Crippen LogP contribution < -0.4 is 4.72 Å². The van der Waals surface area contributed by atoms with Crippen LogP contribution in [0.15, 0.2) is 29.2 Å². The second-order valence-corrected chi connectivity index (χ2v) is 6.95. The summed E-state index contributed by atoms with van der Waals surface area (Å²) in [7, 11) is -3.50. The van der Waals surface area contributed by atoms with E-state index in [1.165, 1.54) is 29.2 Å². The average Bonchev–Trinajstić information content (AvgIpc) is 2.35. The topological polar surface area (TPSA) is 86.7 Å². The summed E-state index contributed by atoms with van der Waals surface area (Å²) >= 11 is 0. The number of sulfonamides is 1. The van der Waals surface area contributed by atoms with Crippen LogP contribution in [-0.2, 0) is 10.0 Å². The summed E-state index contributed by atoms with van der Waals surface area (Å²) in [4.78, 5) is 13.7. The van der Waals surface area contributed by atoms with Gasteiger partial charge < -0.3 is 10.0 Å². The molecule has 0 radical (unpaired) electrons. The van der Waals surface area contributed by atoms with Crippen molar-refractivity contribution in [3.05, 3.63) is 29.8 Å². The van der Waals surface area contributed by atoms with Crippen LogP contribution in [0.3, 0.4) is 0 Å². The van der Waals surface area contributed by atoms with E-state index in [0.29, 0.717) is 25.2 Å². The predicted octanol–water partition coefficient (Wildman–Crippen LogP) is 0.192. The van der Waals surface area contributed by atoms with E-state index in [2.05, 4.69) is 4.72 Å². The van der Waals surface area contributed by atoms with Gasteiger partial charge in [0.25, 0.3) is 5.91 Å². The zero-order valence-corrected chi connectivity index (χ0v) is 12.3. The first kappa shape index (κ1) is 15.0. The van der Waals surface area contributed by atoms with Gasteiger partial charge in [0.05, 0.1) is 23.6 Å². The largest absolute Gasteiger partial charge is 0.386 e. The highest BCUT2D eigenvalue weighted by atomic mass is 32.2. The third kappa shape index (κ3) is 3.00. The number of rotatable bonds is 4. The van der Waals surface area contributed by atoms with Gasteiger partial charge in [0.1, 0.15) is 0 Å². The van der Waals surface area contributed by atoms with Gasteiger partial charge in [-0.3, -0.25) is 4.79 Å². The maximum absolute atomic E-state index is 12.1. The fourth-order valence-electron chi connectivity index (χ4n) is 2.15. The van der Waals surface area contributed by atoms with Gasteiger partial charge in [0.2, 0.25) is 10.0 Å². The van der Waals surface area contributed by atoms with Crippen molar-refractivity contribution >= 4 is 15.9 Å². The summed E-state index contributed by atoms with van der Waals surface area (Å²) in [6.45, 7) is 4.27. The number of carbonyl (C=O) groups is 1. The molecule has 110 valence electrons. The van der Waals surface area contributed by atoms with Gasteiger partial charge >= 0.3 is 0 Å². The van der Waals surface area contributed by atoms with Crippen LogP contribution in [0, 0.1) is 0 Å². The summed E-state index contributed by atoms with van der Waals surface area (Å²) in [6.07, 6.45) is 0. The number of hydrogen-bond donors (Lipinski definition) is 2. The Hall–Kier alpha value is -1.44. The van der Waals surface area contributed by atoms with Crippen molar-refractivity contribution in [3.8, 4) is 0 Å². The highest BCUT2D eigenvalue weighted by Crippen LogP contribution is 2.22. The zero-order valence-electron chi connectivity index (χ0n) is 11.5. The van der Waals surface area contributed by atoms with Crippen LogP contribution in [0.25, 0.3) is 0 Å². The van der Waals surface area contributed by atoms with Gasteiger partial charge in [-0.05, 0) is 31.2 Å². The smallest absolute Gasteiger partial charge is 0.254 e. The second-order valence-electron chi connectivity index (χ2n) is 5.18. The minimum absolute atomic E-state index is 0.131. The number of nitrogens with zero attached hydrogens (tertiary/aromatic N) is 1. The standard InChI is InChI=1S/C13H18N2O4S/c1-3-14-20(18,19)11-6-4-10(5-7-11)12(16)15-8-13(2,17)9-15/h4-7,14,17H,3,8-9H2,1-2H3. The van der Waals surface area contributed by atoms with Crippen molar-refractivity contribution in [1.82, 2.24) is 9.62 Å². The molecule has 0 unspecified atom stereocenters. The monoisotopic (exact) mass is 298 g/mol. The molecule has 1 aromatic rings. The molecule has 0 spiro atoms. The van der Waals surface area contributed by atoms with Crippen LogP contribution in [-0.4, -0.2) is 49.6 Å². The Morgan fingerprint density at radius 3 is 2.35 bits per heavy atom. The lowest BCUT2D eigenvalue weighted by atomic mass is 9.96. The Kier molecular flexibility index (Phi) is 3.86. The lowest BCUT2D eigenvalue weighted by Crippen LogP contribution is -2.61. The minimum atomic E-state index is -3.50. The molecule has 6 nitrogen and oxygen atoms in total. The Bertz CT molecular complexity index is 600. The fourth-order valence-corrected chi connectivity index (χ4v) is 3.19. The molecule has 0 atom stereocenters. The first-order valence-electron chi connectivity index (χ1n) is 6.36. The molecule has 1 heterocycles. The number of nitrogens with one attached hydrogen (secondary N) is 1. The van der Waals surface area contributed by atoms with Crippen molar-refractivity contribution in [2.75, 3.05) is 19.6 Å². The highest BCUT2D eigenvalue weighted by Gasteiger charge is 2.39. The van der Waals surface area contributed by atoms with Gasteiger partial charge in [-0.2, -0.15) is 0 Å². The highest BCUT2D eigenvalue weighted by molar-refractivity contribution is 7.89. The predicted molar refractivity (Wildman–Crippen MR) is 73.8 cm³/mol. The van der Waals surface area contributed by atoms with Gasteiger partial charge in [0, 0.05) is 12.1 Å². The van der Waals surface area contributed by atoms with Gasteiger partial charge in [-0.1, -0.05) is 6.92 Å². The molecule has 0 aliphatic carbocycles. The van der Waals surface area contributed by atoms with Crippen LogP contribution in [0.1, 0.15) is 24.2 Å². The third-order valence-electron chi connectivity index (χ3n) is 3.10. The summed E-state index contributed by atoms with van der Waals surface area (Å²) in [5.74, 6) is -0.205. The molecule has 1 aliphatic rings. The Balaban J connectivity index is 2.11. The third-order valence-corrected chi connectivity index (χ3v) is 4.66. The quantitative estimate of drug-likeness (QED) is 0.831. The Labute approximate surface area is 118 Å². The molecule has 0 aromatic heterocycles. The maximum Gasteiger partial charge on any atom is 0.254 e. The first-order chi connectivity index (χ1) is 9.25. The summed E-state index contributed by atoms with van der Waals surface area (Å²) in [6, 6.07) is 5.78. The van der Waals surface area contributed by atoms with E-state index < -0.39 is 15.6 Å². The van der Waals surface area contributed by atoms with Crippen molar-refractivity contribution < 1.29 is 18.3 Å². The SMILES string of the molecule is CCNS(=O)(=O)c1ccc(C(=O)N2CC(C)(O)C2)cc1. The molecule has 1 aliphatic heterocycles. The fraction of sp³-hybridized carbons (Fsp3) is 0.462. The van der Waals surface area contributed by atoms with Crippen LogP contribution in [0.4, 0.5) is 0 Å². The van der Waals surface area contributed by atoms with E-state index in [1.54, 1.807) is 13.8 Å². The number of β-amino-alcohol motifs (C(OH)–C–C–N with tert-alkyl or cyclic N) is 1. The summed E-state index contributed by atoms with van der Waals surface area (Å²) in [5.41, 5.74) is -0.403. The van der Waals surface area contributed by atoms with Crippen LogP contribution in [0.5, 0.6) is 0 Å². The van der Waals surface area contributed by atoms with E-state index in [-0.39, 0.29) is 10.8 Å². The van der Waals surface area contributed by atoms with Crippen molar-refractivity contribution in [1.29, 1.82) is 0 Å². The molecule has 1 amide bonds. The summed E-state index contributed by atoms with van der Waals surface area (Å²) in [5, 5.41) is 9.61. The molecular formula is C13H18N2O4S. The molecule has 20 heavy (non-hydrogen) atoms.